The number of aromatic hydroxyl groups is 2. The predicted molar refractivity (Wildman–Crippen MR) is 111 cm³/mol. The number of piperidine rings is 1. The molecule has 0 bridgehead atoms. The van der Waals surface area contributed by atoms with E-state index in [2.05, 4.69) is 0 Å². The van der Waals surface area contributed by atoms with Gasteiger partial charge >= 0.3 is 6.09 Å². The van der Waals surface area contributed by atoms with E-state index in [0.29, 0.717) is 13.1 Å². The van der Waals surface area contributed by atoms with Crippen LogP contribution in [0.3, 0.4) is 0 Å². The number of phenolic OH excluding ortho intramolecular Hbond substituents is 2. The minimum Gasteiger partial charge on any atom is -0.504 e. The van der Waals surface area contributed by atoms with Crippen LogP contribution in [-0.2, 0) is 9.53 Å². The zero-order valence-electron chi connectivity index (χ0n) is 17.9. The van der Waals surface area contributed by atoms with Crippen molar-refractivity contribution in [3.8, 4) is 11.5 Å². The highest BCUT2D eigenvalue weighted by molar-refractivity contribution is 6.00. The summed E-state index contributed by atoms with van der Waals surface area (Å²) in [5.74, 6) is -1.17. The molecule has 0 unspecified atom stereocenters. The van der Waals surface area contributed by atoms with Crippen molar-refractivity contribution in [3.05, 3.63) is 35.9 Å². The highest BCUT2D eigenvalue weighted by Crippen LogP contribution is 2.25. The van der Waals surface area contributed by atoms with Crippen LogP contribution in [0, 0.1) is 5.92 Å². The molecule has 0 aliphatic carbocycles. The van der Waals surface area contributed by atoms with Crippen molar-refractivity contribution in [3.63, 3.8) is 0 Å². The molecule has 1 saturated heterocycles. The summed E-state index contributed by atoms with van der Waals surface area (Å²) < 4.78 is 5.38. The van der Waals surface area contributed by atoms with Crippen LogP contribution in [0.4, 0.5) is 4.79 Å². The number of phenols is 2. The van der Waals surface area contributed by atoms with E-state index in [1.165, 1.54) is 36.2 Å². The summed E-state index contributed by atoms with van der Waals surface area (Å²) in [4.78, 5) is 39.6. The summed E-state index contributed by atoms with van der Waals surface area (Å²) in [5, 5.41) is 18.8. The zero-order chi connectivity index (χ0) is 22.5. The highest BCUT2D eigenvalue weighted by atomic mass is 16.6. The fraction of sp³-hybridized carbons (Fsp3) is 0.500. The molecule has 0 atom stereocenters. The standard InChI is InChI=1S/C22H30N2O6/c1-22(2,3)30-21(29)24-11-9-15(10-12-24)5-8-20(28)23(4)14-19(27)16-6-7-17(25)18(26)13-16/h5-8,13,15,25-26H,9-12,14H2,1-4H3. The lowest BCUT2D eigenvalue weighted by Crippen LogP contribution is -2.41. The van der Waals surface area contributed by atoms with Gasteiger partial charge in [0.05, 0.1) is 6.54 Å². The molecule has 8 heteroatoms. The van der Waals surface area contributed by atoms with E-state index in [1.54, 1.807) is 4.90 Å². The van der Waals surface area contributed by atoms with Gasteiger partial charge in [0.15, 0.2) is 17.3 Å². The first kappa shape index (κ1) is 23.3. The van der Waals surface area contributed by atoms with Gasteiger partial charge in [0.1, 0.15) is 5.60 Å². The quantitative estimate of drug-likeness (QED) is 0.432. The number of hydrogen-bond donors (Lipinski definition) is 2. The lowest BCUT2D eigenvalue weighted by atomic mass is 9.96. The normalized spacial score (nSPS) is 15.3. The van der Waals surface area contributed by atoms with E-state index >= 15 is 0 Å². The Bertz CT molecular complexity index is 819. The Morgan fingerprint density at radius 1 is 1.17 bits per heavy atom. The van der Waals surface area contributed by atoms with Gasteiger partial charge in [-0.2, -0.15) is 0 Å². The monoisotopic (exact) mass is 418 g/mol. The van der Waals surface area contributed by atoms with E-state index in [0.717, 1.165) is 12.8 Å². The van der Waals surface area contributed by atoms with Gasteiger partial charge in [-0.05, 0) is 63.8 Å². The SMILES string of the molecule is CN(CC(=O)c1ccc(O)c(O)c1)C(=O)C=CC1CCN(C(=O)OC(C)(C)C)CC1. The number of hydrogen-bond acceptors (Lipinski definition) is 6. The number of ketones is 1. The third-order valence-corrected chi connectivity index (χ3v) is 4.76. The fourth-order valence-corrected chi connectivity index (χ4v) is 3.03. The van der Waals surface area contributed by atoms with Gasteiger partial charge in [-0.3, -0.25) is 9.59 Å². The van der Waals surface area contributed by atoms with Crippen molar-refractivity contribution in [1.29, 1.82) is 0 Å². The van der Waals surface area contributed by atoms with Crippen molar-refractivity contribution in [2.45, 2.75) is 39.2 Å². The minimum absolute atomic E-state index is 0.148. The highest BCUT2D eigenvalue weighted by Gasteiger charge is 2.26. The Labute approximate surface area is 176 Å². The first-order valence-electron chi connectivity index (χ1n) is 9.92. The zero-order valence-corrected chi connectivity index (χ0v) is 17.9. The summed E-state index contributed by atoms with van der Waals surface area (Å²) in [6.07, 6.45) is 4.42. The van der Waals surface area contributed by atoms with Crippen molar-refractivity contribution >= 4 is 17.8 Å². The van der Waals surface area contributed by atoms with Gasteiger partial charge in [-0.25, -0.2) is 4.79 Å². The van der Waals surface area contributed by atoms with Crippen molar-refractivity contribution in [2.75, 3.05) is 26.7 Å². The number of amides is 2. The first-order valence-corrected chi connectivity index (χ1v) is 9.92. The molecule has 8 nitrogen and oxygen atoms in total. The number of ether oxygens (including phenoxy) is 1. The topological polar surface area (TPSA) is 107 Å². The molecule has 30 heavy (non-hydrogen) atoms. The number of benzene rings is 1. The molecule has 0 saturated carbocycles. The van der Waals surface area contributed by atoms with Crippen LogP contribution in [0.1, 0.15) is 44.0 Å². The molecule has 1 aliphatic heterocycles. The maximum atomic E-state index is 12.3. The van der Waals surface area contributed by atoms with E-state index in [4.69, 9.17) is 4.74 Å². The summed E-state index contributed by atoms with van der Waals surface area (Å²) >= 11 is 0. The van der Waals surface area contributed by atoms with Crippen LogP contribution >= 0.6 is 0 Å². The third-order valence-electron chi connectivity index (χ3n) is 4.76. The number of rotatable bonds is 5. The second kappa shape index (κ2) is 9.65. The number of nitrogens with zero attached hydrogens (tertiary/aromatic N) is 2. The van der Waals surface area contributed by atoms with E-state index in [1.807, 2.05) is 26.8 Å². The Balaban J connectivity index is 1.82. The molecule has 1 aliphatic rings. The van der Waals surface area contributed by atoms with Gasteiger partial charge in [0.2, 0.25) is 5.91 Å². The lowest BCUT2D eigenvalue weighted by Gasteiger charge is -2.32. The van der Waals surface area contributed by atoms with Gasteiger partial charge in [0, 0.05) is 25.7 Å². The molecular formula is C22H30N2O6. The Hall–Kier alpha value is -3.03. The maximum Gasteiger partial charge on any atom is 0.410 e. The molecule has 2 amide bonds. The smallest absolute Gasteiger partial charge is 0.410 e. The van der Waals surface area contributed by atoms with Crippen LogP contribution < -0.4 is 0 Å². The second-order valence-electron chi connectivity index (χ2n) is 8.48. The van der Waals surface area contributed by atoms with Crippen LogP contribution in [0.2, 0.25) is 0 Å². The predicted octanol–water partition coefficient (Wildman–Crippen LogP) is 2.94. The Kier molecular flexibility index (Phi) is 7.48. The summed E-state index contributed by atoms with van der Waals surface area (Å²) in [7, 11) is 1.52. The number of likely N-dealkylation sites (tertiary alicyclic amines) is 1. The molecule has 164 valence electrons. The molecule has 0 spiro atoms. The van der Waals surface area contributed by atoms with E-state index in [9.17, 15) is 24.6 Å². The maximum absolute atomic E-state index is 12.3. The number of carbonyl (C=O) groups is 3. The van der Waals surface area contributed by atoms with Gasteiger partial charge < -0.3 is 24.7 Å². The van der Waals surface area contributed by atoms with Crippen LogP contribution in [0.15, 0.2) is 30.4 Å². The molecule has 1 fully saturated rings. The van der Waals surface area contributed by atoms with Crippen molar-refractivity contribution in [2.24, 2.45) is 5.92 Å². The van der Waals surface area contributed by atoms with Gasteiger partial charge in [0.25, 0.3) is 0 Å². The molecule has 2 rings (SSSR count). The molecule has 0 aromatic heterocycles. The van der Waals surface area contributed by atoms with Crippen LogP contribution in [-0.4, -0.2) is 70.1 Å². The molecule has 1 aromatic rings. The van der Waals surface area contributed by atoms with Gasteiger partial charge in [-0.15, -0.1) is 0 Å². The van der Waals surface area contributed by atoms with Gasteiger partial charge in [-0.1, -0.05) is 6.08 Å². The second-order valence-corrected chi connectivity index (χ2v) is 8.48. The summed E-state index contributed by atoms with van der Waals surface area (Å²) in [6, 6.07) is 3.79. The molecular weight excluding hydrogens is 388 g/mol. The van der Waals surface area contributed by atoms with Crippen molar-refractivity contribution < 1.29 is 29.3 Å². The van der Waals surface area contributed by atoms with Crippen LogP contribution in [0.25, 0.3) is 0 Å². The molecule has 0 radical (unpaired) electrons. The molecule has 1 heterocycles. The van der Waals surface area contributed by atoms with Crippen molar-refractivity contribution in [1.82, 2.24) is 9.80 Å². The largest absolute Gasteiger partial charge is 0.504 e. The Morgan fingerprint density at radius 3 is 2.37 bits per heavy atom. The number of allylic oxidation sites excluding steroid dienone is 1. The van der Waals surface area contributed by atoms with E-state index < -0.39 is 5.60 Å². The molecule has 1 aromatic carbocycles. The first-order chi connectivity index (χ1) is 14.0. The number of carbonyl (C=O) groups excluding carboxylic acids is 3. The van der Waals surface area contributed by atoms with E-state index in [-0.39, 0.29) is 47.3 Å². The lowest BCUT2D eigenvalue weighted by molar-refractivity contribution is -0.124. The Morgan fingerprint density at radius 2 is 1.80 bits per heavy atom. The average molecular weight is 418 g/mol. The third kappa shape index (κ3) is 6.79. The fourth-order valence-electron chi connectivity index (χ4n) is 3.03. The molecule has 2 N–H and O–H groups in total. The summed E-state index contributed by atoms with van der Waals surface area (Å²) in [6.45, 7) is 6.48. The number of likely N-dealkylation sites (N-methyl/N-ethyl adjacent to an activating group) is 1. The number of Topliss-reactive ketones (excluding diaryl/α,β-unsaturated/α-hetero) is 1. The summed E-state index contributed by atoms with van der Waals surface area (Å²) in [5.41, 5.74) is -0.315. The van der Waals surface area contributed by atoms with Crippen LogP contribution in [0.5, 0.6) is 11.5 Å². The minimum atomic E-state index is -0.527. The average Bonchev–Trinajstić information content (AvgIpc) is 2.67.